The van der Waals surface area contributed by atoms with Crippen LogP contribution in [0.2, 0.25) is 5.02 Å². The number of carbonyl (C=O) groups is 1. The van der Waals surface area contributed by atoms with Crippen LogP contribution in [0.4, 0.5) is 5.69 Å². The summed E-state index contributed by atoms with van der Waals surface area (Å²) in [5.41, 5.74) is 0.408. The number of ether oxygens (including phenoxy) is 1. The first kappa shape index (κ1) is 17.5. The minimum atomic E-state index is -3.75. The molecule has 0 bridgehead atoms. The second-order valence-electron chi connectivity index (χ2n) is 4.41. The van der Waals surface area contributed by atoms with Gasteiger partial charge in [0.05, 0.1) is 29.9 Å². The zero-order chi connectivity index (χ0) is 17.0. The van der Waals surface area contributed by atoms with Gasteiger partial charge >= 0.3 is 5.97 Å². The Morgan fingerprint density at radius 1 is 1.43 bits per heavy atom. The standard InChI is InChI=1S/C15H14ClNO4S2/c1-3-8-17(23(19,20)14-5-4-9-22-14)11-6-7-13(16)12(10-11)15(18)21-2/h3-7,9-10H,1,8H2,2H3. The van der Waals surface area contributed by atoms with Crippen LogP contribution >= 0.6 is 22.9 Å². The molecule has 0 aliphatic heterocycles. The van der Waals surface area contributed by atoms with E-state index in [2.05, 4.69) is 11.3 Å². The van der Waals surface area contributed by atoms with E-state index in [-0.39, 0.29) is 21.3 Å². The van der Waals surface area contributed by atoms with E-state index >= 15 is 0 Å². The van der Waals surface area contributed by atoms with Gasteiger partial charge in [0, 0.05) is 0 Å². The Morgan fingerprint density at radius 3 is 2.74 bits per heavy atom. The van der Waals surface area contributed by atoms with E-state index in [1.165, 1.54) is 37.5 Å². The molecule has 0 N–H and O–H groups in total. The van der Waals surface area contributed by atoms with Crippen LogP contribution in [0.3, 0.4) is 0 Å². The molecule has 0 amide bonds. The van der Waals surface area contributed by atoms with Crippen LogP contribution in [0.1, 0.15) is 10.4 Å². The molecule has 2 aromatic rings. The van der Waals surface area contributed by atoms with Gasteiger partial charge in [-0.1, -0.05) is 23.7 Å². The first-order chi connectivity index (χ1) is 10.9. The molecule has 0 spiro atoms. The first-order valence-corrected chi connectivity index (χ1v) is 9.16. The third-order valence-electron chi connectivity index (χ3n) is 2.98. The van der Waals surface area contributed by atoms with Crippen molar-refractivity contribution in [3.63, 3.8) is 0 Å². The summed E-state index contributed by atoms with van der Waals surface area (Å²) < 4.78 is 31.5. The van der Waals surface area contributed by atoms with Crippen LogP contribution in [0.25, 0.3) is 0 Å². The van der Waals surface area contributed by atoms with Crippen molar-refractivity contribution < 1.29 is 17.9 Å². The van der Waals surface area contributed by atoms with Crippen molar-refractivity contribution in [1.82, 2.24) is 0 Å². The number of halogens is 1. The molecule has 1 heterocycles. The number of methoxy groups -OCH3 is 1. The number of hydrogen-bond donors (Lipinski definition) is 0. The van der Waals surface area contributed by atoms with Gasteiger partial charge in [0.15, 0.2) is 0 Å². The molecule has 0 aliphatic carbocycles. The van der Waals surface area contributed by atoms with E-state index in [0.29, 0.717) is 5.69 Å². The molecule has 0 unspecified atom stereocenters. The summed E-state index contributed by atoms with van der Waals surface area (Å²) in [4.78, 5) is 11.8. The number of benzene rings is 1. The highest BCUT2D eigenvalue weighted by Gasteiger charge is 2.26. The first-order valence-electron chi connectivity index (χ1n) is 6.47. The van der Waals surface area contributed by atoms with E-state index < -0.39 is 16.0 Å². The van der Waals surface area contributed by atoms with Gasteiger partial charge in [-0.2, -0.15) is 0 Å². The molecule has 0 aliphatic rings. The molecule has 0 saturated heterocycles. The van der Waals surface area contributed by atoms with Crippen molar-refractivity contribution in [2.75, 3.05) is 18.0 Å². The van der Waals surface area contributed by atoms with Crippen molar-refractivity contribution in [3.8, 4) is 0 Å². The fraction of sp³-hybridized carbons (Fsp3) is 0.133. The Kier molecular flexibility index (Phi) is 5.46. The Balaban J connectivity index is 2.55. The SMILES string of the molecule is C=CCN(c1ccc(Cl)c(C(=O)OC)c1)S(=O)(=O)c1cccs1. The molecule has 23 heavy (non-hydrogen) atoms. The van der Waals surface area contributed by atoms with Crippen molar-refractivity contribution in [2.24, 2.45) is 0 Å². The highest BCUT2D eigenvalue weighted by Crippen LogP contribution is 2.29. The molecule has 1 aromatic carbocycles. The van der Waals surface area contributed by atoms with Crippen LogP contribution in [0.5, 0.6) is 0 Å². The Labute approximate surface area is 143 Å². The average Bonchev–Trinajstić information content (AvgIpc) is 3.07. The van der Waals surface area contributed by atoms with E-state index in [4.69, 9.17) is 11.6 Å². The highest BCUT2D eigenvalue weighted by atomic mass is 35.5. The Morgan fingerprint density at radius 2 is 2.17 bits per heavy atom. The quantitative estimate of drug-likeness (QED) is 0.575. The molecule has 0 fully saturated rings. The highest BCUT2D eigenvalue weighted by molar-refractivity contribution is 7.94. The molecule has 8 heteroatoms. The van der Waals surface area contributed by atoms with E-state index in [9.17, 15) is 13.2 Å². The van der Waals surface area contributed by atoms with Crippen LogP contribution in [0.15, 0.2) is 52.6 Å². The summed E-state index contributed by atoms with van der Waals surface area (Å²) in [7, 11) is -2.52. The molecular formula is C15H14ClNO4S2. The van der Waals surface area contributed by atoms with Gasteiger partial charge in [0.2, 0.25) is 0 Å². The lowest BCUT2D eigenvalue weighted by Crippen LogP contribution is -2.30. The van der Waals surface area contributed by atoms with Crippen molar-refractivity contribution in [3.05, 3.63) is 59.0 Å². The molecule has 2 rings (SSSR count). The number of hydrogen-bond acceptors (Lipinski definition) is 5. The number of esters is 1. The molecule has 122 valence electrons. The molecule has 0 radical (unpaired) electrons. The van der Waals surface area contributed by atoms with Gasteiger partial charge < -0.3 is 4.74 Å². The zero-order valence-corrected chi connectivity index (χ0v) is 14.6. The Bertz CT molecular complexity index is 816. The molecule has 0 saturated carbocycles. The maximum Gasteiger partial charge on any atom is 0.339 e. The van der Waals surface area contributed by atoms with Gasteiger partial charge in [-0.05, 0) is 29.6 Å². The summed E-state index contributed by atoms with van der Waals surface area (Å²) in [6, 6.07) is 7.56. The van der Waals surface area contributed by atoms with E-state index in [0.717, 1.165) is 15.6 Å². The van der Waals surface area contributed by atoms with Gasteiger partial charge in [-0.3, -0.25) is 4.31 Å². The predicted molar refractivity (Wildman–Crippen MR) is 91.8 cm³/mol. The van der Waals surface area contributed by atoms with Crippen LogP contribution in [0, 0.1) is 0 Å². The van der Waals surface area contributed by atoms with Gasteiger partial charge in [-0.25, -0.2) is 13.2 Å². The summed E-state index contributed by atoms with van der Waals surface area (Å²) in [6.45, 7) is 3.65. The molecular weight excluding hydrogens is 358 g/mol. The third kappa shape index (κ3) is 3.57. The predicted octanol–water partition coefficient (Wildman–Crippen LogP) is 3.57. The summed E-state index contributed by atoms with van der Waals surface area (Å²) in [5.74, 6) is -0.635. The summed E-state index contributed by atoms with van der Waals surface area (Å²) >= 11 is 7.09. The lowest BCUT2D eigenvalue weighted by Gasteiger charge is -2.23. The number of sulfonamides is 1. The van der Waals surface area contributed by atoms with E-state index in [1.807, 2.05) is 0 Å². The number of carbonyl (C=O) groups excluding carboxylic acids is 1. The van der Waals surface area contributed by atoms with Gasteiger partial charge in [0.1, 0.15) is 4.21 Å². The smallest absolute Gasteiger partial charge is 0.339 e. The van der Waals surface area contributed by atoms with Gasteiger partial charge in [0.25, 0.3) is 10.0 Å². The van der Waals surface area contributed by atoms with Crippen molar-refractivity contribution in [2.45, 2.75) is 4.21 Å². The average molecular weight is 372 g/mol. The number of thiophene rings is 1. The summed E-state index contributed by atoms with van der Waals surface area (Å²) in [6.07, 6.45) is 1.47. The second kappa shape index (κ2) is 7.16. The largest absolute Gasteiger partial charge is 0.465 e. The topological polar surface area (TPSA) is 63.7 Å². The third-order valence-corrected chi connectivity index (χ3v) is 6.47. The molecule has 0 atom stereocenters. The zero-order valence-electron chi connectivity index (χ0n) is 12.2. The maximum absolute atomic E-state index is 12.8. The van der Waals surface area contributed by atoms with Gasteiger partial charge in [-0.15, -0.1) is 17.9 Å². The lowest BCUT2D eigenvalue weighted by atomic mass is 10.2. The van der Waals surface area contributed by atoms with Crippen LogP contribution in [-0.4, -0.2) is 28.0 Å². The number of nitrogens with zero attached hydrogens (tertiary/aromatic N) is 1. The minimum Gasteiger partial charge on any atom is -0.465 e. The second-order valence-corrected chi connectivity index (χ2v) is 7.86. The fourth-order valence-corrected chi connectivity index (χ4v) is 4.64. The summed E-state index contributed by atoms with van der Waals surface area (Å²) in [5, 5.41) is 1.87. The van der Waals surface area contributed by atoms with Crippen molar-refractivity contribution >= 4 is 44.6 Å². The van der Waals surface area contributed by atoms with Crippen LogP contribution < -0.4 is 4.31 Å². The molecule has 5 nitrogen and oxygen atoms in total. The fourth-order valence-electron chi connectivity index (χ4n) is 1.91. The minimum absolute atomic E-state index is 0.0580. The van der Waals surface area contributed by atoms with E-state index in [1.54, 1.807) is 11.4 Å². The Hall–Kier alpha value is -1.83. The van der Waals surface area contributed by atoms with Crippen LogP contribution in [-0.2, 0) is 14.8 Å². The van der Waals surface area contributed by atoms with Crippen molar-refractivity contribution in [1.29, 1.82) is 0 Å². The number of rotatable bonds is 6. The molecule has 1 aromatic heterocycles. The lowest BCUT2D eigenvalue weighted by molar-refractivity contribution is 0.0601. The normalized spacial score (nSPS) is 11.0. The number of anilines is 1. The monoisotopic (exact) mass is 371 g/mol. The maximum atomic E-state index is 12.8.